The van der Waals surface area contributed by atoms with Crippen LogP contribution < -0.4 is 0 Å². The van der Waals surface area contributed by atoms with Gasteiger partial charge >= 0.3 is 19.8 Å². The van der Waals surface area contributed by atoms with Crippen molar-refractivity contribution in [1.82, 2.24) is 0 Å². The highest BCUT2D eigenvalue weighted by Gasteiger charge is 2.22. The predicted molar refractivity (Wildman–Crippen MR) is 202 cm³/mol. The Morgan fingerprint density at radius 3 is 1.31 bits per heavy atom. The number of allylic oxidation sites excluding steroid dienone is 2. The number of phosphoric acid groups is 1. The summed E-state index contributed by atoms with van der Waals surface area (Å²) in [6.45, 7) is 3.65. The van der Waals surface area contributed by atoms with Crippen molar-refractivity contribution in [3.8, 4) is 0 Å². The van der Waals surface area contributed by atoms with Gasteiger partial charge in [0, 0.05) is 12.8 Å². The van der Waals surface area contributed by atoms with Gasteiger partial charge < -0.3 is 19.3 Å². The summed E-state index contributed by atoms with van der Waals surface area (Å²) in [6, 6.07) is 0. The van der Waals surface area contributed by atoms with E-state index in [0.717, 1.165) is 57.8 Å². The molecular formula is C40H77O8P. The van der Waals surface area contributed by atoms with Crippen molar-refractivity contribution in [2.24, 2.45) is 0 Å². The van der Waals surface area contributed by atoms with E-state index in [0.29, 0.717) is 6.42 Å². The number of esters is 2. The topological polar surface area (TPSA) is 119 Å². The van der Waals surface area contributed by atoms with Crippen molar-refractivity contribution in [1.29, 1.82) is 0 Å². The van der Waals surface area contributed by atoms with Gasteiger partial charge in [-0.25, -0.2) is 4.57 Å². The third kappa shape index (κ3) is 39.4. The minimum atomic E-state index is -4.75. The molecule has 1 atom stereocenters. The van der Waals surface area contributed by atoms with E-state index in [1.807, 2.05) is 0 Å². The number of phosphoric ester groups is 1. The summed E-state index contributed by atoms with van der Waals surface area (Å²) in [4.78, 5) is 42.7. The maximum atomic E-state index is 12.3. The quantitative estimate of drug-likeness (QED) is 0.0280. The molecule has 0 spiro atoms. The van der Waals surface area contributed by atoms with Gasteiger partial charge in [-0.05, 0) is 32.1 Å². The number of hydrogen-bond donors (Lipinski definition) is 2. The molecule has 0 aromatic carbocycles. The zero-order chi connectivity index (χ0) is 36.1. The zero-order valence-electron chi connectivity index (χ0n) is 31.9. The summed E-state index contributed by atoms with van der Waals surface area (Å²) in [7, 11) is -4.75. The smallest absolute Gasteiger partial charge is 0.462 e. The number of rotatable bonds is 38. The van der Waals surface area contributed by atoms with Gasteiger partial charge in [-0.15, -0.1) is 0 Å². The largest absolute Gasteiger partial charge is 0.469 e. The van der Waals surface area contributed by atoms with Crippen LogP contribution in [0.5, 0.6) is 0 Å². The Morgan fingerprint density at radius 1 is 0.510 bits per heavy atom. The molecule has 2 N–H and O–H groups in total. The molecule has 0 heterocycles. The van der Waals surface area contributed by atoms with Gasteiger partial charge in [0.1, 0.15) is 6.61 Å². The summed E-state index contributed by atoms with van der Waals surface area (Å²) in [5, 5.41) is 0. The molecule has 0 rings (SSSR count). The van der Waals surface area contributed by atoms with Crippen LogP contribution in [0.3, 0.4) is 0 Å². The monoisotopic (exact) mass is 717 g/mol. The first-order valence-corrected chi connectivity index (χ1v) is 22.0. The number of hydrogen-bond acceptors (Lipinski definition) is 6. The Hall–Kier alpha value is -1.21. The van der Waals surface area contributed by atoms with Gasteiger partial charge in [0.25, 0.3) is 0 Å². The molecule has 0 saturated carbocycles. The van der Waals surface area contributed by atoms with E-state index in [-0.39, 0.29) is 19.4 Å². The fraction of sp³-hybridized carbons (Fsp3) is 0.900. The molecule has 0 radical (unpaired) electrons. The van der Waals surface area contributed by atoms with Crippen LogP contribution >= 0.6 is 7.82 Å². The maximum Gasteiger partial charge on any atom is 0.469 e. The fourth-order valence-corrected chi connectivity index (χ4v) is 6.30. The molecule has 0 aliphatic heterocycles. The molecule has 0 amide bonds. The molecule has 0 unspecified atom stereocenters. The van der Waals surface area contributed by atoms with E-state index in [4.69, 9.17) is 19.3 Å². The molecule has 8 nitrogen and oxygen atoms in total. The highest BCUT2D eigenvalue weighted by molar-refractivity contribution is 7.46. The maximum absolute atomic E-state index is 12.3. The summed E-state index contributed by atoms with van der Waals surface area (Å²) in [6.07, 6.45) is 39.4. The molecule has 0 aromatic heterocycles. The molecule has 0 aliphatic carbocycles. The molecule has 0 saturated heterocycles. The number of ether oxygens (including phenoxy) is 2. The summed E-state index contributed by atoms with van der Waals surface area (Å²) < 4.78 is 26.3. The second kappa shape index (κ2) is 36.6. The van der Waals surface area contributed by atoms with Crippen LogP contribution in [0, 0.1) is 0 Å². The lowest BCUT2D eigenvalue weighted by Crippen LogP contribution is -2.29. The SMILES string of the molecule is CCCC/C=C/CCCCCCCC(=O)O[C@H](COC(=O)CCCCCCCCCCCCCCCCCCCCCC)COP(=O)(O)O. The van der Waals surface area contributed by atoms with Crippen molar-refractivity contribution < 1.29 is 37.9 Å². The van der Waals surface area contributed by atoms with Crippen molar-refractivity contribution in [3.05, 3.63) is 12.2 Å². The van der Waals surface area contributed by atoms with Gasteiger partial charge in [-0.2, -0.15) is 0 Å². The Labute approximate surface area is 301 Å². The first kappa shape index (κ1) is 47.8. The van der Waals surface area contributed by atoms with Crippen LogP contribution in [-0.4, -0.2) is 41.0 Å². The number of carbonyl (C=O) groups is 2. The van der Waals surface area contributed by atoms with Crippen molar-refractivity contribution >= 4 is 19.8 Å². The van der Waals surface area contributed by atoms with Crippen LogP contribution in [0.2, 0.25) is 0 Å². The van der Waals surface area contributed by atoms with E-state index in [9.17, 15) is 14.2 Å². The van der Waals surface area contributed by atoms with E-state index in [2.05, 4.69) is 30.5 Å². The molecule has 0 aliphatic rings. The van der Waals surface area contributed by atoms with Crippen molar-refractivity contribution in [2.75, 3.05) is 13.2 Å². The van der Waals surface area contributed by atoms with Crippen molar-refractivity contribution in [3.63, 3.8) is 0 Å². The standard InChI is InChI=1S/C40H77O8P/c1-3-5-7-9-11-13-15-16-17-18-19-20-21-22-23-25-26-28-30-32-34-39(41)46-36-38(37-47-49(43,44)45)48-40(42)35-33-31-29-27-24-14-12-10-8-6-4-2/h10,12,38H,3-9,11,13-37H2,1-2H3,(H2,43,44,45)/b12-10+/t38-/m1/s1. The second-order valence-corrected chi connectivity index (χ2v) is 15.2. The third-order valence-corrected chi connectivity index (χ3v) is 9.52. The summed E-state index contributed by atoms with van der Waals surface area (Å²) in [5.74, 6) is -0.886. The van der Waals surface area contributed by atoms with Gasteiger partial charge in [0.2, 0.25) is 0 Å². The average molecular weight is 717 g/mol. The Bertz CT molecular complexity index is 812. The molecule has 9 heteroatoms. The van der Waals surface area contributed by atoms with E-state index in [1.54, 1.807) is 0 Å². The normalized spacial score (nSPS) is 12.5. The van der Waals surface area contributed by atoms with Gasteiger partial charge in [-0.1, -0.05) is 180 Å². The third-order valence-electron chi connectivity index (χ3n) is 9.03. The molecule has 0 fully saturated rings. The zero-order valence-corrected chi connectivity index (χ0v) is 32.8. The minimum absolute atomic E-state index is 0.205. The van der Waals surface area contributed by atoms with Crippen LogP contribution in [0.15, 0.2) is 12.2 Å². The molecule has 290 valence electrons. The molecular weight excluding hydrogens is 639 g/mol. The number of carbonyl (C=O) groups excluding carboxylic acids is 2. The number of unbranched alkanes of at least 4 members (excludes halogenated alkanes) is 26. The highest BCUT2D eigenvalue weighted by Crippen LogP contribution is 2.36. The highest BCUT2D eigenvalue weighted by atomic mass is 31.2. The summed E-state index contributed by atoms with van der Waals surface area (Å²) >= 11 is 0. The van der Waals surface area contributed by atoms with Crippen LogP contribution in [0.25, 0.3) is 0 Å². The second-order valence-electron chi connectivity index (χ2n) is 14.0. The molecule has 0 aromatic rings. The summed E-state index contributed by atoms with van der Waals surface area (Å²) in [5.41, 5.74) is 0. The fourth-order valence-electron chi connectivity index (χ4n) is 5.94. The van der Waals surface area contributed by atoms with E-state index in [1.165, 1.54) is 122 Å². The Balaban J connectivity index is 3.82. The first-order valence-electron chi connectivity index (χ1n) is 20.5. The van der Waals surface area contributed by atoms with E-state index >= 15 is 0 Å². The van der Waals surface area contributed by atoms with Crippen LogP contribution in [0.4, 0.5) is 0 Å². The van der Waals surface area contributed by atoms with Crippen LogP contribution in [-0.2, 0) is 28.2 Å². The molecule has 49 heavy (non-hydrogen) atoms. The lowest BCUT2D eigenvalue weighted by molar-refractivity contribution is -0.161. The van der Waals surface area contributed by atoms with Gasteiger partial charge in [0.05, 0.1) is 6.61 Å². The van der Waals surface area contributed by atoms with Crippen molar-refractivity contribution in [2.45, 2.75) is 219 Å². The average Bonchev–Trinajstić information content (AvgIpc) is 3.07. The Kier molecular flexibility index (Phi) is 35.7. The van der Waals surface area contributed by atoms with E-state index < -0.39 is 32.5 Å². The molecule has 0 bridgehead atoms. The van der Waals surface area contributed by atoms with Gasteiger partial charge in [-0.3, -0.25) is 14.1 Å². The minimum Gasteiger partial charge on any atom is -0.462 e. The van der Waals surface area contributed by atoms with Gasteiger partial charge in [0.15, 0.2) is 6.10 Å². The van der Waals surface area contributed by atoms with Crippen LogP contribution in [0.1, 0.15) is 213 Å². The first-order chi connectivity index (χ1) is 23.8. The lowest BCUT2D eigenvalue weighted by Gasteiger charge is -2.18. The predicted octanol–water partition coefficient (Wildman–Crippen LogP) is 12.2. The lowest BCUT2D eigenvalue weighted by atomic mass is 10.0. The Morgan fingerprint density at radius 2 is 0.878 bits per heavy atom.